The number of Topliss-reactive ketones (excluding diaryl/α,β-unsaturated/α-hetero) is 1. The number of aryl methyl sites for hydroxylation is 2. The van der Waals surface area contributed by atoms with Gasteiger partial charge in [-0.25, -0.2) is 4.98 Å². The second-order valence-electron chi connectivity index (χ2n) is 5.07. The molecule has 3 rings (SSSR count). The zero-order chi connectivity index (χ0) is 14.1. The number of ketones is 1. The Balaban J connectivity index is 1.93. The number of carbonyl (C=O) groups is 1. The maximum absolute atomic E-state index is 12.1. The number of rotatable bonds is 3. The van der Waals surface area contributed by atoms with Crippen molar-refractivity contribution in [3.63, 3.8) is 0 Å². The van der Waals surface area contributed by atoms with Crippen LogP contribution in [0.2, 0.25) is 0 Å². The number of thiazole rings is 1. The summed E-state index contributed by atoms with van der Waals surface area (Å²) in [5.41, 5.74) is 4.49. The monoisotopic (exact) mass is 288 g/mol. The van der Waals surface area contributed by atoms with Gasteiger partial charge < -0.3 is 4.57 Å². The Bertz CT molecular complexity index is 715. The van der Waals surface area contributed by atoms with Gasteiger partial charge in [-0.15, -0.1) is 11.3 Å². The molecule has 2 aromatic heterocycles. The van der Waals surface area contributed by atoms with Crippen LogP contribution in [0.1, 0.15) is 39.5 Å². The lowest BCUT2D eigenvalue weighted by atomic mass is 9.94. The van der Waals surface area contributed by atoms with Crippen molar-refractivity contribution in [2.75, 3.05) is 0 Å². The molecule has 0 amide bonds. The van der Waals surface area contributed by atoms with Gasteiger partial charge in [0.15, 0.2) is 5.78 Å². The number of carbonyl (C=O) groups excluding carboxylic acids is 1. The molecule has 0 fully saturated rings. The zero-order valence-corrected chi connectivity index (χ0v) is 12.2. The molecule has 20 heavy (non-hydrogen) atoms. The van der Waals surface area contributed by atoms with Crippen LogP contribution in [-0.4, -0.2) is 15.3 Å². The van der Waals surface area contributed by atoms with E-state index >= 15 is 0 Å². The third-order valence-corrected chi connectivity index (χ3v) is 4.82. The number of pyridine rings is 1. The molecule has 2 heterocycles. The normalized spacial score (nSPS) is 14.3. The van der Waals surface area contributed by atoms with Crippen molar-refractivity contribution in [3.8, 4) is 0 Å². The molecule has 5 heteroatoms. The first-order chi connectivity index (χ1) is 9.66. The second kappa shape index (κ2) is 5.32. The highest BCUT2D eigenvalue weighted by molar-refractivity contribution is 7.09. The number of aromatic nitrogens is 2. The van der Waals surface area contributed by atoms with Gasteiger partial charge >= 0.3 is 0 Å². The maximum Gasteiger partial charge on any atom is 0.250 e. The van der Waals surface area contributed by atoms with E-state index in [4.69, 9.17) is 0 Å². The minimum atomic E-state index is -0.0133. The summed E-state index contributed by atoms with van der Waals surface area (Å²) in [6.45, 7) is 2.61. The molecule has 0 spiro atoms. The fourth-order valence-electron chi connectivity index (χ4n) is 2.72. The predicted molar refractivity (Wildman–Crippen MR) is 78.5 cm³/mol. The fraction of sp³-hybridized carbons (Fsp3) is 0.400. The van der Waals surface area contributed by atoms with Crippen molar-refractivity contribution in [2.24, 2.45) is 0 Å². The minimum Gasteiger partial charge on any atom is -0.312 e. The van der Waals surface area contributed by atoms with Gasteiger partial charge in [0.2, 0.25) is 0 Å². The first-order valence-corrected chi connectivity index (χ1v) is 7.69. The van der Waals surface area contributed by atoms with Crippen LogP contribution in [0.15, 0.2) is 22.4 Å². The molecule has 1 aliphatic carbocycles. The summed E-state index contributed by atoms with van der Waals surface area (Å²) in [6, 6.07) is 3.20. The van der Waals surface area contributed by atoms with E-state index in [2.05, 4.69) is 4.98 Å². The molecule has 0 saturated heterocycles. The highest BCUT2D eigenvalue weighted by atomic mass is 32.1. The first kappa shape index (κ1) is 13.2. The van der Waals surface area contributed by atoms with Gasteiger partial charge in [-0.05, 0) is 25.8 Å². The largest absolute Gasteiger partial charge is 0.312 e. The van der Waals surface area contributed by atoms with Gasteiger partial charge in [0, 0.05) is 41.6 Å². The van der Waals surface area contributed by atoms with Crippen molar-refractivity contribution < 1.29 is 4.79 Å². The van der Waals surface area contributed by atoms with Crippen LogP contribution in [0.5, 0.6) is 0 Å². The van der Waals surface area contributed by atoms with Gasteiger partial charge in [-0.1, -0.05) is 0 Å². The molecule has 0 radical (unpaired) electrons. The van der Waals surface area contributed by atoms with Gasteiger partial charge in [0.25, 0.3) is 5.56 Å². The van der Waals surface area contributed by atoms with E-state index in [0.717, 1.165) is 36.2 Å². The van der Waals surface area contributed by atoms with Crippen LogP contribution < -0.4 is 5.56 Å². The van der Waals surface area contributed by atoms with Gasteiger partial charge in [-0.2, -0.15) is 0 Å². The highest BCUT2D eigenvalue weighted by Gasteiger charge is 2.20. The number of hydrogen-bond acceptors (Lipinski definition) is 4. The molecule has 0 aliphatic heterocycles. The molecule has 0 saturated carbocycles. The first-order valence-electron chi connectivity index (χ1n) is 6.81. The van der Waals surface area contributed by atoms with E-state index in [1.165, 1.54) is 10.9 Å². The average Bonchev–Trinajstić information content (AvgIpc) is 2.83. The summed E-state index contributed by atoms with van der Waals surface area (Å²) in [4.78, 5) is 29.4. The summed E-state index contributed by atoms with van der Waals surface area (Å²) in [5, 5.41) is 0. The van der Waals surface area contributed by atoms with Crippen molar-refractivity contribution in [2.45, 2.75) is 39.2 Å². The topological polar surface area (TPSA) is 52.0 Å². The fourth-order valence-corrected chi connectivity index (χ4v) is 3.49. The van der Waals surface area contributed by atoms with Gasteiger partial charge in [-0.3, -0.25) is 9.59 Å². The Morgan fingerprint density at radius 2 is 2.15 bits per heavy atom. The minimum absolute atomic E-state index is 0.0133. The molecule has 4 nitrogen and oxygen atoms in total. The molecule has 0 N–H and O–H groups in total. The van der Waals surface area contributed by atoms with Crippen LogP contribution in [0, 0.1) is 6.92 Å². The second-order valence-corrected chi connectivity index (χ2v) is 6.01. The van der Waals surface area contributed by atoms with Crippen molar-refractivity contribution in [3.05, 3.63) is 49.8 Å². The lowest BCUT2D eigenvalue weighted by Crippen LogP contribution is -2.28. The summed E-state index contributed by atoms with van der Waals surface area (Å²) < 4.78 is 1.77. The summed E-state index contributed by atoms with van der Waals surface area (Å²) in [5.74, 6) is 0.161. The van der Waals surface area contributed by atoms with E-state index < -0.39 is 0 Å². The van der Waals surface area contributed by atoms with Crippen LogP contribution in [0.25, 0.3) is 0 Å². The molecule has 104 valence electrons. The molecular formula is C15H16N2O2S. The molecule has 1 aliphatic rings. The smallest absolute Gasteiger partial charge is 0.250 e. The van der Waals surface area contributed by atoms with Crippen LogP contribution in [0.3, 0.4) is 0 Å². The van der Waals surface area contributed by atoms with E-state index in [1.807, 2.05) is 12.4 Å². The van der Waals surface area contributed by atoms with E-state index in [-0.39, 0.29) is 11.3 Å². The van der Waals surface area contributed by atoms with Crippen LogP contribution >= 0.6 is 11.3 Å². The lowest BCUT2D eigenvalue weighted by molar-refractivity contribution is 0.0970. The molecule has 0 aromatic carbocycles. The van der Waals surface area contributed by atoms with E-state index in [9.17, 15) is 9.59 Å². The van der Waals surface area contributed by atoms with Crippen molar-refractivity contribution in [1.29, 1.82) is 0 Å². The van der Waals surface area contributed by atoms with Gasteiger partial charge in [0.05, 0.1) is 11.2 Å². The summed E-state index contributed by atoms with van der Waals surface area (Å²) in [7, 11) is 0. The molecule has 0 unspecified atom stereocenters. The summed E-state index contributed by atoms with van der Waals surface area (Å²) >= 11 is 1.62. The Morgan fingerprint density at radius 3 is 2.90 bits per heavy atom. The lowest BCUT2D eigenvalue weighted by Gasteiger charge is -2.19. The Morgan fingerprint density at radius 1 is 1.30 bits per heavy atom. The summed E-state index contributed by atoms with van der Waals surface area (Å²) in [6.07, 6.45) is 3.05. The zero-order valence-electron chi connectivity index (χ0n) is 11.4. The van der Waals surface area contributed by atoms with Gasteiger partial charge in [0.1, 0.15) is 0 Å². The molecular weight excluding hydrogens is 272 g/mol. The highest BCUT2D eigenvalue weighted by Crippen LogP contribution is 2.20. The molecule has 0 atom stereocenters. The molecule has 0 bridgehead atoms. The SMILES string of the molecule is Cc1ncsc1CCn1c2c(ccc1=O)C(=O)CCC2. The molecule has 2 aromatic rings. The van der Waals surface area contributed by atoms with Crippen LogP contribution in [0.4, 0.5) is 0 Å². The van der Waals surface area contributed by atoms with Crippen molar-refractivity contribution >= 4 is 17.1 Å². The third-order valence-electron chi connectivity index (χ3n) is 3.82. The Hall–Kier alpha value is -1.75. The third kappa shape index (κ3) is 2.33. The Labute approximate surface area is 121 Å². The average molecular weight is 288 g/mol. The number of fused-ring (bicyclic) bond motifs is 1. The van der Waals surface area contributed by atoms with E-state index in [0.29, 0.717) is 13.0 Å². The standard InChI is InChI=1S/C15H16N2O2S/c1-10-14(20-9-16-10)7-8-17-12-3-2-4-13(18)11(12)5-6-15(17)19/h5-6,9H,2-4,7-8H2,1H3. The Kier molecular flexibility index (Phi) is 3.53. The van der Waals surface area contributed by atoms with Crippen LogP contribution in [-0.2, 0) is 19.4 Å². The predicted octanol–water partition coefficient (Wildman–Crippen LogP) is 2.37. The van der Waals surface area contributed by atoms with E-state index in [1.54, 1.807) is 22.0 Å². The maximum atomic E-state index is 12.1. The quantitative estimate of drug-likeness (QED) is 0.871. The number of hydrogen-bond donors (Lipinski definition) is 0. The number of nitrogens with zero attached hydrogens (tertiary/aromatic N) is 2. The van der Waals surface area contributed by atoms with Crippen molar-refractivity contribution in [1.82, 2.24) is 9.55 Å².